The fraction of sp³-hybridized carbons (Fsp3) is 0.182. The monoisotopic (exact) mass is 384 g/mol. The Labute approximate surface area is 167 Å². The number of hydrogen-bond donors (Lipinski definition) is 2. The number of nitrogens with one attached hydrogen (secondary N) is 2. The Kier molecular flexibility index (Phi) is 4.01. The van der Waals surface area contributed by atoms with Crippen molar-refractivity contribution in [2.75, 3.05) is 18.4 Å². The lowest BCUT2D eigenvalue weighted by atomic mass is 9.90. The first-order valence-electron chi connectivity index (χ1n) is 9.50. The molecule has 7 nitrogen and oxygen atoms in total. The maximum Gasteiger partial charge on any atom is 0.245 e. The quantitative estimate of drug-likeness (QED) is 0.524. The summed E-state index contributed by atoms with van der Waals surface area (Å²) in [4.78, 5) is 22.4. The van der Waals surface area contributed by atoms with Crippen LogP contribution in [0, 0.1) is 6.92 Å². The molecule has 1 saturated heterocycles. The van der Waals surface area contributed by atoms with Crippen molar-refractivity contribution in [3.05, 3.63) is 66.6 Å². The first-order valence-corrected chi connectivity index (χ1v) is 9.50. The van der Waals surface area contributed by atoms with E-state index in [1.54, 1.807) is 11.2 Å². The molecule has 0 radical (unpaired) electrons. The highest BCUT2D eigenvalue weighted by Crippen LogP contribution is 2.33. The van der Waals surface area contributed by atoms with Crippen LogP contribution in [-0.4, -0.2) is 44.1 Å². The molecule has 0 unspecified atom stereocenters. The maximum atomic E-state index is 11.7. The number of carbonyl (C=O) groups is 1. The van der Waals surface area contributed by atoms with Crippen LogP contribution in [0.15, 0.2) is 55.5 Å². The van der Waals surface area contributed by atoms with Crippen LogP contribution in [-0.2, 0) is 4.79 Å². The summed E-state index contributed by atoms with van der Waals surface area (Å²) in [5, 5.41) is 12.6. The summed E-state index contributed by atoms with van der Waals surface area (Å²) in [6, 6.07) is 10.3. The van der Waals surface area contributed by atoms with E-state index >= 15 is 0 Å². The van der Waals surface area contributed by atoms with Crippen LogP contribution >= 0.6 is 0 Å². The predicted molar refractivity (Wildman–Crippen MR) is 113 cm³/mol. The molecule has 5 rings (SSSR count). The van der Waals surface area contributed by atoms with Crippen LogP contribution in [0.4, 0.5) is 11.5 Å². The van der Waals surface area contributed by atoms with Gasteiger partial charge < -0.3 is 10.2 Å². The van der Waals surface area contributed by atoms with Gasteiger partial charge in [-0.3, -0.25) is 9.89 Å². The number of H-pyrrole nitrogens is 1. The van der Waals surface area contributed by atoms with E-state index in [0.29, 0.717) is 19.0 Å². The summed E-state index contributed by atoms with van der Waals surface area (Å²) < 4.78 is 0. The van der Waals surface area contributed by atoms with Crippen molar-refractivity contribution in [1.29, 1.82) is 0 Å². The minimum atomic E-state index is -0.0142. The Balaban J connectivity index is 1.47. The van der Waals surface area contributed by atoms with Gasteiger partial charge >= 0.3 is 0 Å². The topological polar surface area (TPSA) is 86.8 Å². The number of benzene rings is 2. The standard InChI is InChI=1S/C22H20N6O/c1-3-20(29)28-10-15(11-28)14-5-6-16-19(8-14)23-12-24-22(16)26-21-13(2)4-7-18-17(21)9-25-27-18/h3-9,12,15H,1,10-11H2,2H3,(H,25,27)(H,23,24,26). The van der Waals surface area contributed by atoms with Crippen molar-refractivity contribution in [2.45, 2.75) is 12.8 Å². The molecule has 0 atom stereocenters. The average molecular weight is 384 g/mol. The highest BCUT2D eigenvalue weighted by molar-refractivity contribution is 5.98. The molecule has 7 heteroatoms. The SMILES string of the molecule is C=CC(=O)N1CC(c2ccc3c(Nc4c(C)ccc5[nH]ncc45)ncnc3c2)C1. The average Bonchev–Trinajstić information content (AvgIpc) is 3.18. The zero-order valence-corrected chi connectivity index (χ0v) is 16.0. The van der Waals surface area contributed by atoms with Crippen LogP contribution in [0.5, 0.6) is 0 Å². The van der Waals surface area contributed by atoms with Crippen molar-refractivity contribution in [1.82, 2.24) is 25.1 Å². The van der Waals surface area contributed by atoms with Crippen molar-refractivity contribution in [2.24, 2.45) is 0 Å². The third-order valence-corrected chi connectivity index (χ3v) is 5.58. The zero-order chi connectivity index (χ0) is 20.0. The van der Waals surface area contributed by atoms with E-state index in [9.17, 15) is 4.79 Å². The largest absolute Gasteiger partial charge is 0.339 e. The van der Waals surface area contributed by atoms with Crippen molar-refractivity contribution in [3.8, 4) is 0 Å². The number of rotatable bonds is 4. The molecule has 1 aliphatic rings. The Morgan fingerprint density at radius 1 is 1.24 bits per heavy atom. The minimum Gasteiger partial charge on any atom is -0.339 e. The summed E-state index contributed by atoms with van der Waals surface area (Å²) in [5.41, 5.74) is 5.14. The van der Waals surface area contributed by atoms with Gasteiger partial charge in [-0.25, -0.2) is 9.97 Å². The molecule has 0 bridgehead atoms. The summed E-state index contributed by atoms with van der Waals surface area (Å²) in [5.74, 6) is 1.08. The van der Waals surface area contributed by atoms with E-state index in [1.807, 2.05) is 12.3 Å². The van der Waals surface area contributed by atoms with Crippen LogP contribution in [0.1, 0.15) is 17.0 Å². The van der Waals surface area contributed by atoms with E-state index in [0.717, 1.165) is 38.9 Å². The maximum absolute atomic E-state index is 11.7. The van der Waals surface area contributed by atoms with Gasteiger partial charge in [0.25, 0.3) is 0 Å². The van der Waals surface area contributed by atoms with E-state index < -0.39 is 0 Å². The molecule has 3 heterocycles. The first kappa shape index (κ1) is 17.4. The molecule has 2 aromatic heterocycles. The Hall–Kier alpha value is -3.74. The molecule has 2 aromatic carbocycles. The lowest BCUT2D eigenvalue weighted by molar-refractivity contribution is -0.130. The van der Waals surface area contributed by atoms with Gasteiger partial charge in [0.15, 0.2) is 0 Å². The van der Waals surface area contributed by atoms with Crippen molar-refractivity contribution >= 4 is 39.2 Å². The molecule has 0 aliphatic carbocycles. The number of aromatic amines is 1. The van der Waals surface area contributed by atoms with Gasteiger partial charge in [0.2, 0.25) is 5.91 Å². The molecule has 144 valence electrons. The molecule has 1 aliphatic heterocycles. The second-order valence-corrected chi connectivity index (χ2v) is 7.36. The summed E-state index contributed by atoms with van der Waals surface area (Å²) in [6.45, 7) is 7.04. The van der Waals surface area contributed by atoms with Gasteiger partial charge in [0.1, 0.15) is 12.1 Å². The number of fused-ring (bicyclic) bond motifs is 2. The Bertz CT molecular complexity index is 1250. The number of aryl methyl sites for hydroxylation is 1. The number of carbonyl (C=O) groups excluding carboxylic acids is 1. The van der Waals surface area contributed by atoms with Gasteiger partial charge in [-0.2, -0.15) is 5.10 Å². The molecule has 4 aromatic rings. The smallest absolute Gasteiger partial charge is 0.245 e. The Morgan fingerprint density at radius 2 is 2.10 bits per heavy atom. The molecular weight excluding hydrogens is 364 g/mol. The van der Waals surface area contributed by atoms with Crippen LogP contribution in [0.2, 0.25) is 0 Å². The lowest BCUT2D eigenvalue weighted by Crippen LogP contribution is -2.47. The second-order valence-electron chi connectivity index (χ2n) is 7.36. The highest BCUT2D eigenvalue weighted by Gasteiger charge is 2.30. The molecule has 0 saturated carbocycles. The molecule has 2 N–H and O–H groups in total. The number of aromatic nitrogens is 4. The molecular formula is C22H20N6O. The third-order valence-electron chi connectivity index (χ3n) is 5.58. The number of hydrogen-bond acceptors (Lipinski definition) is 5. The van der Waals surface area contributed by atoms with E-state index in [1.165, 1.54) is 11.6 Å². The second kappa shape index (κ2) is 6.70. The molecule has 29 heavy (non-hydrogen) atoms. The van der Waals surface area contributed by atoms with Gasteiger partial charge in [-0.1, -0.05) is 18.7 Å². The number of amides is 1. The fourth-order valence-electron chi connectivity index (χ4n) is 3.84. The molecule has 1 amide bonds. The fourth-order valence-corrected chi connectivity index (χ4v) is 3.84. The summed E-state index contributed by atoms with van der Waals surface area (Å²) >= 11 is 0. The van der Waals surface area contributed by atoms with Gasteiger partial charge in [0.05, 0.1) is 22.9 Å². The van der Waals surface area contributed by atoms with E-state index in [-0.39, 0.29) is 5.91 Å². The van der Waals surface area contributed by atoms with Crippen LogP contribution < -0.4 is 5.32 Å². The molecule has 0 spiro atoms. The number of likely N-dealkylation sites (tertiary alicyclic amines) is 1. The predicted octanol–water partition coefficient (Wildman–Crippen LogP) is 3.67. The van der Waals surface area contributed by atoms with Crippen LogP contribution in [0.3, 0.4) is 0 Å². The number of anilines is 2. The van der Waals surface area contributed by atoms with Gasteiger partial charge in [0, 0.05) is 29.8 Å². The highest BCUT2D eigenvalue weighted by atomic mass is 16.2. The van der Waals surface area contributed by atoms with E-state index in [4.69, 9.17) is 0 Å². The van der Waals surface area contributed by atoms with E-state index in [2.05, 4.69) is 63.3 Å². The minimum absolute atomic E-state index is 0.0142. The van der Waals surface area contributed by atoms with Gasteiger partial charge in [-0.05, 0) is 42.3 Å². The van der Waals surface area contributed by atoms with Crippen LogP contribution in [0.25, 0.3) is 21.8 Å². The Morgan fingerprint density at radius 3 is 2.93 bits per heavy atom. The lowest BCUT2D eigenvalue weighted by Gasteiger charge is -2.39. The first-order chi connectivity index (χ1) is 14.1. The normalized spacial score (nSPS) is 14.2. The van der Waals surface area contributed by atoms with Gasteiger partial charge in [-0.15, -0.1) is 0 Å². The third kappa shape index (κ3) is 2.91. The number of nitrogens with zero attached hydrogens (tertiary/aromatic N) is 4. The summed E-state index contributed by atoms with van der Waals surface area (Å²) in [6.07, 6.45) is 4.76. The molecule has 1 fully saturated rings. The zero-order valence-electron chi connectivity index (χ0n) is 16.0. The summed E-state index contributed by atoms with van der Waals surface area (Å²) in [7, 11) is 0. The van der Waals surface area contributed by atoms with Crippen molar-refractivity contribution in [3.63, 3.8) is 0 Å². The van der Waals surface area contributed by atoms with Crippen molar-refractivity contribution < 1.29 is 4.79 Å².